The average molecular weight is 234 g/mol. The van der Waals surface area contributed by atoms with Crippen molar-refractivity contribution < 1.29 is 9.84 Å². The van der Waals surface area contributed by atoms with Gasteiger partial charge in [-0.15, -0.1) is 0 Å². The molecule has 0 heterocycles. The van der Waals surface area contributed by atoms with Crippen LogP contribution in [-0.2, 0) is 5.60 Å². The van der Waals surface area contributed by atoms with Crippen molar-refractivity contribution in [3.63, 3.8) is 0 Å². The first kappa shape index (κ1) is 12.4. The van der Waals surface area contributed by atoms with E-state index < -0.39 is 5.60 Å². The summed E-state index contributed by atoms with van der Waals surface area (Å²) in [6.07, 6.45) is 3.86. The van der Waals surface area contributed by atoms with Gasteiger partial charge in [-0.2, -0.15) is 0 Å². The van der Waals surface area contributed by atoms with Gasteiger partial charge in [0, 0.05) is 5.56 Å². The molecule has 1 aromatic carbocycles. The summed E-state index contributed by atoms with van der Waals surface area (Å²) >= 11 is 0. The van der Waals surface area contributed by atoms with Crippen LogP contribution >= 0.6 is 0 Å². The topological polar surface area (TPSA) is 29.5 Å². The van der Waals surface area contributed by atoms with Crippen molar-refractivity contribution in [1.82, 2.24) is 0 Å². The van der Waals surface area contributed by atoms with Crippen molar-refractivity contribution in [2.45, 2.75) is 45.1 Å². The summed E-state index contributed by atoms with van der Waals surface area (Å²) < 4.78 is 5.39. The third-order valence-electron chi connectivity index (χ3n) is 3.96. The van der Waals surface area contributed by atoms with Crippen molar-refractivity contribution in [3.8, 4) is 5.75 Å². The van der Waals surface area contributed by atoms with Crippen LogP contribution in [0.1, 0.15) is 43.7 Å². The lowest BCUT2D eigenvalue weighted by atomic mass is 9.75. The van der Waals surface area contributed by atoms with E-state index in [1.54, 1.807) is 7.11 Å². The maximum absolute atomic E-state index is 10.8. The lowest BCUT2D eigenvalue weighted by molar-refractivity contribution is -0.0138. The second-order valence-electron chi connectivity index (χ2n) is 5.42. The highest BCUT2D eigenvalue weighted by molar-refractivity contribution is 5.41. The molecule has 0 bridgehead atoms. The zero-order chi connectivity index (χ0) is 12.5. The second kappa shape index (κ2) is 4.69. The minimum atomic E-state index is -0.691. The lowest BCUT2D eigenvalue weighted by Crippen LogP contribution is -2.31. The molecule has 1 N–H and O–H groups in total. The molecule has 1 aliphatic rings. The average Bonchev–Trinajstić information content (AvgIpc) is 2.33. The largest absolute Gasteiger partial charge is 0.496 e. The van der Waals surface area contributed by atoms with Gasteiger partial charge in [-0.1, -0.05) is 18.6 Å². The van der Waals surface area contributed by atoms with E-state index in [9.17, 15) is 5.11 Å². The highest BCUT2D eigenvalue weighted by atomic mass is 16.5. The molecule has 2 nitrogen and oxygen atoms in total. The number of methoxy groups -OCH3 is 1. The number of rotatable bonds is 2. The summed E-state index contributed by atoms with van der Waals surface area (Å²) in [7, 11) is 1.67. The molecule has 2 heteroatoms. The Morgan fingerprint density at radius 1 is 1.29 bits per heavy atom. The molecule has 1 saturated carbocycles. The molecular weight excluding hydrogens is 212 g/mol. The van der Waals surface area contributed by atoms with E-state index in [0.717, 1.165) is 42.9 Å². The lowest BCUT2D eigenvalue weighted by Gasteiger charge is -2.36. The van der Waals surface area contributed by atoms with Gasteiger partial charge in [-0.25, -0.2) is 0 Å². The first-order chi connectivity index (χ1) is 8.05. The summed E-state index contributed by atoms with van der Waals surface area (Å²) in [5, 5.41) is 10.8. The van der Waals surface area contributed by atoms with Gasteiger partial charge in [-0.3, -0.25) is 0 Å². The van der Waals surface area contributed by atoms with Crippen molar-refractivity contribution >= 4 is 0 Å². The Bertz CT molecular complexity index is 390. The van der Waals surface area contributed by atoms with Crippen LogP contribution in [0.2, 0.25) is 0 Å². The van der Waals surface area contributed by atoms with E-state index in [-0.39, 0.29) is 0 Å². The molecule has 2 rings (SSSR count). The third-order valence-corrected chi connectivity index (χ3v) is 3.96. The first-order valence-electron chi connectivity index (χ1n) is 6.42. The van der Waals surface area contributed by atoms with Crippen LogP contribution in [0.15, 0.2) is 18.2 Å². The van der Waals surface area contributed by atoms with E-state index in [4.69, 9.17) is 4.74 Å². The minimum absolute atomic E-state index is 0.691. The monoisotopic (exact) mass is 234 g/mol. The Kier molecular flexibility index (Phi) is 3.43. The van der Waals surface area contributed by atoms with Crippen LogP contribution in [0.3, 0.4) is 0 Å². The fourth-order valence-corrected chi connectivity index (χ4v) is 2.69. The van der Waals surface area contributed by atoms with Gasteiger partial charge in [0.15, 0.2) is 0 Å². The highest BCUT2D eigenvalue weighted by Crippen LogP contribution is 2.43. The zero-order valence-corrected chi connectivity index (χ0v) is 11.0. The number of aryl methyl sites for hydroxylation is 1. The Hall–Kier alpha value is -1.02. The standard InChI is InChI=1S/C15H22O2/c1-11-6-8-15(16,9-7-11)13-10-12(2)4-5-14(13)17-3/h4-5,10-11,16H,6-9H2,1-3H3. The molecule has 0 atom stereocenters. The first-order valence-corrected chi connectivity index (χ1v) is 6.42. The van der Waals surface area contributed by atoms with Gasteiger partial charge in [0.05, 0.1) is 12.7 Å². The Balaban J connectivity index is 2.34. The summed E-state index contributed by atoms with van der Waals surface area (Å²) in [5.74, 6) is 1.54. The number of aliphatic hydroxyl groups is 1. The fourth-order valence-electron chi connectivity index (χ4n) is 2.69. The Labute approximate surface area is 104 Å². The quantitative estimate of drug-likeness (QED) is 0.849. The summed E-state index contributed by atoms with van der Waals surface area (Å²) in [5.41, 5.74) is 1.45. The molecule has 0 radical (unpaired) electrons. The normalized spacial score (nSPS) is 29.1. The molecule has 0 amide bonds. The molecule has 0 saturated heterocycles. The molecule has 0 aliphatic heterocycles. The summed E-state index contributed by atoms with van der Waals surface area (Å²) in [6, 6.07) is 6.05. The van der Waals surface area contributed by atoms with Gasteiger partial charge in [0.25, 0.3) is 0 Å². The van der Waals surface area contributed by atoms with Crippen molar-refractivity contribution in [2.75, 3.05) is 7.11 Å². The third kappa shape index (κ3) is 2.47. The molecule has 1 fully saturated rings. The van der Waals surface area contributed by atoms with Gasteiger partial charge in [0.1, 0.15) is 5.75 Å². The van der Waals surface area contributed by atoms with E-state index in [1.165, 1.54) is 5.56 Å². The zero-order valence-electron chi connectivity index (χ0n) is 11.0. The van der Waals surface area contributed by atoms with Crippen LogP contribution < -0.4 is 4.74 Å². The van der Waals surface area contributed by atoms with Crippen molar-refractivity contribution in [2.24, 2.45) is 5.92 Å². The minimum Gasteiger partial charge on any atom is -0.496 e. The molecule has 17 heavy (non-hydrogen) atoms. The molecule has 94 valence electrons. The van der Waals surface area contributed by atoms with Crippen LogP contribution in [0.5, 0.6) is 5.75 Å². The van der Waals surface area contributed by atoms with Crippen molar-refractivity contribution in [3.05, 3.63) is 29.3 Å². The van der Waals surface area contributed by atoms with Crippen LogP contribution in [0, 0.1) is 12.8 Å². The van der Waals surface area contributed by atoms with Crippen LogP contribution in [0.4, 0.5) is 0 Å². The van der Waals surface area contributed by atoms with Crippen LogP contribution in [0.25, 0.3) is 0 Å². The molecule has 0 aromatic heterocycles. The summed E-state index contributed by atoms with van der Waals surface area (Å²) in [6.45, 7) is 4.31. The molecule has 1 aliphatic carbocycles. The smallest absolute Gasteiger partial charge is 0.124 e. The predicted molar refractivity (Wildman–Crippen MR) is 69.3 cm³/mol. The van der Waals surface area contributed by atoms with Crippen LogP contribution in [-0.4, -0.2) is 12.2 Å². The predicted octanol–water partition coefficient (Wildman–Crippen LogP) is 3.40. The molecular formula is C15H22O2. The van der Waals surface area contributed by atoms with Gasteiger partial charge in [0.2, 0.25) is 0 Å². The SMILES string of the molecule is COc1ccc(C)cc1C1(O)CCC(C)CC1. The molecule has 1 aromatic rings. The highest BCUT2D eigenvalue weighted by Gasteiger charge is 2.35. The maximum Gasteiger partial charge on any atom is 0.124 e. The Morgan fingerprint density at radius 3 is 2.53 bits per heavy atom. The molecule has 0 spiro atoms. The van der Waals surface area contributed by atoms with Gasteiger partial charge < -0.3 is 9.84 Å². The number of ether oxygens (including phenoxy) is 1. The van der Waals surface area contributed by atoms with Gasteiger partial charge in [-0.05, 0) is 50.7 Å². The number of hydrogen-bond donors (Lipinski definition) is 1. The second-order valence-corrected chi connectivity index (χ2v) is 5.42. The van der Waals surface area contributed by atoms with E-state index >= 15 is 0 Å². The van der Waals surface area contributed by atoms with E-state index in [1.807, 2.05) is 12.1 Å². The number of benzene rings is 1. The van der Waals surface area contributed by atoms with Gasteiger partial charge >= 0.3 is 0 Å². The van der Waals surface area contributed by atoms with E-state index in [0.29, 0.717) is 0 Å². The van der Waals surface area contributed by atoms with Crippen molar-refractivity contribution in [1.29, 1.82) is 0 Å². The summed E-state index contributed by atoms with van der Waals surface area (Å²) in [4.78, 5) is 0. The fraction of sp³-hybridized carbons (Fsp3) is 0.600. The maximum atomic E-state index is 10.8. The molecule has 0 unspecified atom stereocenters. The van der Waals surface area contributed by atoms with E-state index in [2.05, 4.69) is 19.9 Å². The Morgan fingerprint density at radius 2 is 1.94 bits per heavy atom. The number of hydrogen-bond acceptors (Lipinski definition) is 2.